The summed E-state index contributed by atoms with van der Waals surface area (Å²) in [5.74, 6) is 0.514. The summed E-state index contributed by atoms with van der Waals surface area (Å²) in [4.78, 5) is 27.0. The van der Waals surface area contributed by atoms with Gasteiger partial charge in [0.05, 0.1) is 11.0 Å². The highest BCUT2D eigenvalue weighted by atomic mass is 32.2. The second-order valence-electron chi connectivity index (χ2n) is 6.84. The highest BCUT2D eigenvalue weighted by molar-refractivity contribution is 8.18. The van der Waals surface area contributed by atoms with Gasteiger partial charge in [0.2, 0.25) is 0 Å². The molecule has 1 aliphatic rings. The first kappa shape index (κ1) is 19.5. The summed E-state index contributed by atoms with van der Waals surface area (Å²) >= 11 is 1.01. The number of carbonyl (C=O) groups is 2. The van der Waals surface area contributed by atoms with Gasteiger partial charge >= 0.3 is 0 Å². The smallest absolute Gasteiger partial charge is 0.293 e. The van der Waals surface area contributed by atoms with Crippen LogP contribution in [0.1, 0.15) is 46.1 Å². The van der Waals surface area contributed by atoms with Crippen molar-refractivity contribution < 1.29 is 14.3 Å². The maximum Gasteiger partial charge on any atom is 0.293 e. The predicted molar refractivity (Wildman–Crippen MR) is 112 cm³/mol. The molecule has 2 atom stereocenters. The van der Waals surface area contributed by atoms with E-state index in [0.717, 1.165) is 46.7 Å². The van der Waals surface area contributed by atoms with Crippen molar-refractivity contribution in [3.05, 3.63) is 46.9 Å². The number of thioether (sulfide) groups is 1. The summed E-state index contributed by atoms with van der Waals surface area (Å²) in [6.07, 6.45) is 3.50. The average Bonchev–Trinajstić information content (AvgIpc) is 2.96. The van der Waals surface area contributed by atoms with Gasteiger partial charge in [-0.3, -0.25) is 14.5 Å². The number of nitrogens with zero attached hydrogens (tertiary/aromatic N) is 1. The fraction of sp³-hybridized carbons (Fsp3) is 0.364. The molecule has 0 N–H and O–H groups in total. The summed E-state index contributed by atoms with van der Waals surface area (Å²) in [6.45, 7) is 7.97. The maximum absolute atomic E-state index is 12.8. The molecule has 0 spiro atoms. The lowest BCUT2D eigenvalue weighted by molar-refractivity contribution is -0.124. The Morgan fingerprint density at radius 1 is 1.07 bits per heavy atom. The summed E-state index contributed by atoms with van der Waals surface area (Å²) < 4.78 is 6.11. The molecule has 142 valence electrons. The van der Waals surface area contributed by atoms with Crippen molar-refractivity contribution in [3.63, 3.8) is 0 Å². The number of rotatable bonds is 6. The van der Waals surface area contributed by atoms with E-state index in [-0.39, 0.29) is 23.3 Å². The number of hydrogen-bond acceptors (Lipinski definition) is 4. The van der Waals surface area contributed by atoms with Gasteiger partial charge in [0, 0.05) is 11.6 Å². The molecule has 1 heterocycles. The van der Waals surface area contributed by atoms with Gasteiger partial charge in [-0.25, -0.2) is 0 Å². The molecule has 1 saturated heterocycles. The number of hydrogen-bond donors (Lipinski definition) is 0. The summed E-state index contributed by atoms with van der Waals surface area (Å²) in [7, 11) is 0. The Balaban J connectivity index is 2.10. The Morgan fingerprint density at radius 3 is 2.52 bits per heavy atom. The minimum Gasteiger partial charge on any atom is -0.490 e. The summed E-state index contributed by atoms with van der Waals surface area (Å²) in [6, 6.07) is 11.9. The van der Waals surface area contributed by atoms with Crippen LogP contribution in [0.3, 0.4) is 0 Å². The molecule has 0 aromatic heterocycles. The van der Waals surface area contributed by atoms with E-state index in [0.29, 0.717) is 4.91 Å². The zero-order chi connectivity index (χ0) is 19.6. The number of ether oxygens (including phenoxy) is 1. The summed E-state index contributed by atoms with van der Waals surface area (Å²) in [5.41, 5.74) is 0.850. The van der Waals surface area contributed by atoms with Crippen LogP contribution in [0.4, 0.5) is 4.79 Å². The van der Waals surface area contributed by atoms with Crippen molar-refractivity contribution in [1.29, 1.82) is 0 Å². The molecule has 2 aromatic carbocycles. The number of amides is 2. The quantitative estimate of drug-likeness (QED) is 0.587. The van der Waals surface area contributed by atoms with Crippen molar-refractivity contribution in [1.82, 2.24) is 4.90 Å². The monoisotopic (exact) mass is 383 g/mol. The fourth-order valence-corrected chi connectivity index (χ4v) is 3.91. The third-order valence-electron chi connectivity index (χ3n) is 4.96. The Kier molecular flexibility index (Phi) is 5.90. The highest BCUT2D eigenvalue weighted by Gasteiger charge is 2.37. The topological polar surface area (TPSA) is 46.6 Å². The summed E-state index contributed by atoms with van der Waals surface area (Å²) in [5, 5.41) is 1.88. The lowest BCUT2D eigenvalue weighted by atomic mass is 10.0. The van der Waals surface area contributed by atoms with Crippen LogP contribution in [0.2, 0.25) is 0 Å². The van der Waals surface area contributed by atoms with E-state index >= 15 is 0 Å². The molecule has 4 nitrogen and oxygen atoms in total. The molecular weight excluding hydrogens is 358 g/mol. The number of benzene rings is 2. The molecule has 2 amide bonds. The zero-order valence-corrected chi connectivity index (χ0v) is 17.0. The van der Waals surface area contributed by atoms with Crippen LogP contribution >= 0.6 is 11.8 Å². The van der Waals surface area contributed by atoms with Gasteiger partial charge in [-0.15, -0.1) is 0 Å². The second-order valence-corrected chi connectivity index (χ2v) is 7.84. The molecule has 27 heavy (non-hydrogen) atoms. The Morgan fingerprint density at radius 2 is 1.81 bits per heavy atom. The van der Waals surface area contributed by atoms with Gasteiger partial charge in [-0.05, 0) is 61.4 Å². The van der Waals surface area contributed by atoms with Gasteiger partial charge < -0.3 is 4.74 Å². The van der Waals surface area contributed by atoms with Gasteiger partial charge in [0.15, 0.2) is 0 Å². The van der Waals surface area contributed by atoms with Gasteiger partial charge in [-0.2, -0.15) is 0 Å². The van der Waals surface area contributed by atoms with Crippen LogP contribution in [0.25, 0.3) is 16.8 Å². The van der Waals surface area contributed by atoms with E-state index in [1.807, 2.05) is 63.2 Å². The first-order valence-electron chi connectivity index (χ1n) is 9.41. The number of carbonyl (C=O) groups excluding carboxylic acids is 2. The van der Waals surface area contributed by atoms with E-state index in [4.69, 9.17) is 4.74 Å². The zero-order valence-electron chi connectivity index (χ0n) is 16.2. The normalized spacial score (nSPS) is 18.4. The van der Waals surface area contributed by atoms with Crippen molar-refractivity contribution in [2.75, 3.05) is 0 Å². The highest BCUT2D eigenvalue weighted by Crippen LogP contribution is 2.38. The molecule has 1 aliphatic heterocycles. The molecule has 0 saturated carbocycles. The molecule has 1 fully saturated rings. The average molecular weight is 384 g/mol. The number of imide groups is 1. The number of fused-ring (bicyclic) bond motifs is 1. The Labute approximate surface area is 164 Å². The molecule has 3 rings (SSSR count). The first-order chi connectivity index (χ1) is 13.0. The molecule has 0 radical (unpaired) electrons. The Bertz CT molecular complexity index is 906. The first-order valence-corrected chi connectivity index (χ1v) is 10.2. The SMILES string of the molecule is CC[C@@H](C)N1C(=O)S/C(=C/c2c(O[C@@H](C)CC)ccc3ccccc23)C1=O. The van der Waals surface area contributed by atoms with Crippen molar-refractivity contribution in [2.24, 2.45) is 0 Å². The molecule has 0 aliphatic carbocycles. The van der Waals surface area contributed by atoms with Gasteiger partial charge in [0.25, 0.3) is 11.1 Å². The van der Waals surface area contributed by atoms with E-state index in [2.05, 4.69) is 6.92 Å². The van der Waals surface area contributed by atoms with E-state index in [9.17, 15) is 9.59 Å². The largest absolute Gasteiger partial charge is 0.490 e. The molecular formula is C22H25NO3S. The van der Waals surface area contributed by atoms with E-state index < -0.39 is 0 Å². The third-order valence-corrected chi connectivity index (χ3v) is 5.85. The van der Waals surface area contributed by atoms with E-state index in [1.165, 1.54) is 4.90 Å². The molecule has 2 aromatic rings. The van der Waals surface area contributed by atoms with Crippen LogP contribution < -0.4 is 4.74 Å². The Hall–Kier alpha value is -2.27. The van der Waals surface area contributed by atoms with Crippen LogP contribution in [0.15, 0.2) is 41.3 Å². The van der Waals surface area contributed by atoms with Crippen LogP contribution in [-0.2, 0) is 4.79 Å². The molecule has 0 bridgehead atoms. The van der Waals surface area contributed by atoms with Gasteiger partial charge in [0.1, 0.15) is 5.75 Å². The standard InChI is InChI=1S/C22H25NO3S/c1-5-14(3)23-21(24)20(27-22(23)25)13-18-17-10-8-7-9-16(17)11-12-19(18)26-15(4)6-2/h7-15H,5-6H2,1-4H3/b20-13+/t14-,15+/m1/s1. The van der Waals surface area contributed by atoms with Gasteiger partial charge in [-0.1, -0.05) is 44.2 Å². The van der Waals surface area contributed by atoms with Crippen molar-refractivity contribution in [3.8, 4) is 5.75 Å². The maximum atomic E-state index is 12.8. The fourth-order valence-electron chi connectivity index (χ4n) is 3.00. The molecule has 5 heteroatoms. The van der Waals surface area contributed by atoms with Crippen LogP contribution in [-0.4, -0.2) is 28.2 Å². The third kappa shape index (κ3) is 3.88. The van der Waals surface area contributed by atoms with E-state index in [1.54, 1.807) is 0 Å². The minimum atomic E-state index is -0.221. The minimum absolute atomic E-state index is 0.0634. The predicted octanol–water partition coefficient (Wildman–Crippen LogP) is 5.85. The van der Waals surface area contributed by atoms with Crippen molar-refractivity contribution >= 4 is 39.8 Å². The van der Waals surface area contributed by atoms with Crippen molar-refractivity contribution in [2.45, 2.75) is 52.7 Å². The second kappa shape index (κ2) is 8.17. The molecule has 0 unspecified atom stereocenters. The van der Waals surface area contributed by atoms with Crippen LogP contribution in [0, 0.1) is 0 Å². The van der Waals surface area contributed by atoms with Crippen LogP contribution in [0.5, 0.6) is 5.75 Å². The lowest BCUT2D eigenvalue weighted by Gasteiger charge is -2.19. The lowest BCUT2D eigenvalue weighted by Crippen LogP contribution is -2.36.